The highest BCUT2D eigenvalue weighted by Gasteiger charge is 2.12. The molecule has 0 atom stereocenters. The van der Waals surface area contributed by atoms with Gasteiger partial charge in [-0.15, -0.1) is 0 Å². The van der Waals surface area contributed by atoms with E-state index in [1.807, 2.05) is 0 Å². The summed E-state index contributed by atoms with van der Waals surface area (Å²) in [5, 5.41) is 7.86. The van der Waals surface area contributed by atoms with Crippen LogP contribution in [-0.4, -0.2) is 16.9 Å². The zero-order chi connectivity index (χ0) is 20.1. The van der Waals surface area contributed by atoms with E-state index in [1.165, 1.54) is 24.5 Å². The van der Waals surface area contributed by atoms with Crippen molar-refractivity contribution >= 4 is 52.1 Å². The van der Waals surface area contributed by atoms with Crippen LogP contribution in [0.5, 0.6) is 0 Å². The Bertz CT molecular complexity index is 1040. The van der Waals surface area contributed by atoms with Gasteiger partial charge in [0.2, 0.25) is 0 Å². The van der Waals surface area contributed by atoms with Crippen LogP contribution in [0.2, 0.25) is 5.02 Å². The number of halogens is 2. The molecular formula is C19H13ClFN3O3S. The van der Waals surface area contributed by atoms with Crippen LogP contribution in [0, 0.1) is 5.82 Å². The lowest BCUT2D eigenvalue weighted by Gasteiger charge is -2.10. The lowest BCUT2D eigenvalue weighted by molar-refractivity contribution is 0.0950. The van der Waals surface area contributed by atoms with Crippen molar-refractivity contribution in [2.24, 2.45) is 0 Å². The third kappa shape index (κ3) is 4.93. The first-order valence-electron chi connectivity index (χ1n) is 7.94. The Labute approximate surface area is 169 Å². The van der Waals surface area contributed by atoms with E-state index < -0.39 is 17.6 Å². The van der Waals surface area contributed by atoms with Crippen molar-refractivity contribution in [3.63, 3.8) is 0 Å². The highest BCUT2D eigenvalue weighted by atomic mass is 35.5. The molecule has 0 spiro atoms. The highest BCUT2D eigenvalue weighted by molar-refractivity contribution is 7.80. The summed E-state index contributed by atoms with van der Waals surface area (Å²) in [6, 6.07) is 13.4. The van der Waals surface area contributed by atoms with Gasteiger partial charge in [0.25, 0.3) is 11.8 Å². The number of carbonyl (C=O) groups excluding carboxylic acids is 2. The first-order chi connectivity index (χ1) is 13.4. The van der Waals surface area contributed by atoms with Gasteiger partial charge in [0, 0.05) is 16.9 Å². The smallest absolute Gasteiger partial charge is 0.293 e. The summed E-state index contributed by atoms with van der Waals surface area (Å²) in [6.07, 6.45) is 1.38. The van der Waals surface area contributed by atoms with Crippen molar-refractivity contribution in [2.45, 2.75) is 0 Å². The highest BCUT2D eigenvalue weighted by Crippen LogP contribution is 2.20. The number of thiocarbonyl (C=S) groups is 1. The van der Waals surface area contributed by atoms with Gasteiger partial charge in [-0.25, -0.2) is 4.39 Å². The largest absolute Gasteiger partial charge is 0.459 e. The van der Waals surface area contributed by atoms with Crippen LogP contribution in [0.1, 0.15) is 20.9 Å². The number of carbonyl (C=O) groups is 2. The average Bonchev–Trinajstić information content (AvgIpc) is 3.20. The second kappa shape index (κ2) is 8.64. The third-order valence-electron chi connectivity index (χ3n) is 3.53. The molecule has 0 radical (unpaired) electrons. The summed E-state index contributed by atoms with van der Waals surface area (Å²) in [6.45, 7) is 0. The fraction of sp³-hybridized carbons (Fsp3) is 0. The topological polar surface area (TPSA) is 83.4 Å². The van der Waals surface area contributed by atoms with E-state index in [0.717, 1.165) is 6.07 Å². The number of anilines is 2. The number of nitrogens with one attached hydrogen (secondary N) is 3. The van der Waals surface area contributed by atoms with E-state index in [9.17, 15) is 14.0 Å². The lowest BCUT2D eigenvalue weighted by Crippen LogP contribution is -2.33. The maximum atomic E-state index is 13.2. The van der Waals surface area contributed by atoms with E-state index in [-0.39, 0.29) is 15.9 Å². The number of rotatable bonds is 4. The quantitative estimate of drug-likeness (QED) is 0.546. The Morgan fingerprint density at radius 2 is 1.75 bits per heavy atom. The van der Waals surface area contributed by atoms with Gasteiger partial charge in [0.05, 0.1) is 11.3 Å². The van der Waals surface area contributed by atoms with Crippen LogP contribution in [0.15, 0.2) is 65.3 Å². The van der Waals surface area contributed by atoms with Crippen molar-refractivity contribution in [3.8, 4) is 0 Å². The molecule has 1 heterocycles. The Balaban J connectivity index is 1.64. The van der Waals surface area contributed by atoms with Crippen molar-refractivity contribution in [2.75, 3.05) is 10.6 Å². The Kier molecular flexibility index (Phi) is 6.03. The van der Waals surface area contributed by atoms with E-state index in [4.69, 9.17) is 28.2 Å². The summed E-state index contributed by atoms with van der Waals surface area (Å²) in [4.78, 5) is 24.3. The predicted molar refractivity (Wildman–Crippen MR) is 108 cm³/mol. The summed E-state index contributed by atoms with van der Waals surface area (Å²) in [7, 11) is 0. The van der Waals surface area contributed by atoms with Gasteiger partial charge in [-0.3, -0.25) is 14.9 Å². The van der Waals surface area contributed by atoms with Gasteiger partial charge in [0.1, 0.15) is 5.82 Å². The molecule has 1 aromatic heterocycles. The lowest BCUT2D eigenvalue weighted by atomic mass is 10.2. The maximum absolute atomic E-state index is 13.2. The molecule has 2 amide bonds. The van der Waals surface area contributed by atoms with Crippen LogP contribution in [-0.2, 0) is 0 Å². The molecule has 0 saturated carbocycles. The molecule has 6 nitrogen and oxygen atoms in total. The van der Waals surface area contributed by atoms with Crippen LogP contribution < -0.4 is 16.0 Å². The molecule has 0 aliphatic heterocycles. The average molecular weight is 418 g/mol. The molecule has 0 saturated heterocycles. The third-order valence-corrected chi connectivity index (χ3v) is 4.03. The summed E-state index contributed by atoms with van der Waals surface area (Å²) < 4.78 is 18.2. The standard InChI is InChI=1S/C19H13ClFN3O3S/c20-14-10-13(6-7-15(14)21)22-17(25)11-3-1-4-12(9-11)23-19(28)24-18(26)16-5-2-8-27-16/h1-10H,(H,22,25)(H2,23,24,26,28). The van der Waals surface area contributed by atoms with Crippen LogP contribution >= 0.6 is 23.8 Å². The summed E-state index contributed by atoms with van der Waals surface area (Å²) in [5.41, 5.74) is 1.18. The van der Waals surface area contributed by atoms with Gasteiger partial charge in [0.15, 0.2) is 10.9 Å². The normalized spacial score (nSPS) is 10.2. The minimum Gasteiger partial charge on any atom is -0.459 e. The maximum Gasteiger partial charge on any atom is 0.293 e. The van der Waals surface area contributed by atoms with Crippen molar-refractivity contribution in [1.82, 2.24) is 5.32 Å². The zero-order valence-electron chi connectivity index (χ0n) is 14.2. The Morgan fingerprint density at radius 1 is 0.964 bits per heavy atom. The molecule has 0 unspecified atom stereocenters. The molecule has 0 fully saturated rings. The Morgan fingerprint density at radius 3 is 2.46 bits per heavy atom. The van der Waals surface area contributed by atoms with Gasteiger partial charge in [-0.1, -0.05) is 17.7 Å². The molecule has 9 heteroatoms. The van der Waals surface area contributed by atoms with Gasteiger partial charge in [-0.2, -0.15) is 0 Å². The van der Waals surface area contributed by atoms with E-state index in [2.05, 4.69) is 16.0 Å². The van der Waals surface area contributed by atoms with Crippen molar-refractivity contribution in [3.05, 3.63) is 83.0 Å². The number of furan rings is 1. The molecule has 3 rings (SSSR count). The van der Waals surface area contributed by atoms with Crippen LogP contribution in [0.25, 0.3) is 0 Å². The molecule has 0 aliphatic rings. The molecule has 2 aromatic carbocycles. The first kappa shape index (κ1) is 19.5. The fourth-order valence-corrected chi connectivity index (χ4v) is 2.64. The molecule has 0 aliphatic carbocycles. The van der Waals surface area contributed by atoms with Crippen molar-refractivity contribution in [1.29, 1.82) is 0 Å². The van der Waals surface area contributed by atoms with Gasteiger partial charge in [-0.05, 0) is 60.7 Å². The van der Waals surface area contributed by atoms with E-state index in [0.29, 0.717) is 16.9 Å². The second-order valence-electron chi connectivity index (χ2n) is 5.55. The van der Waals surface area contributed by atoms with Crippen LogP contribution in [0.4, 0.5) is 15.8 Å². The summed E-state index contributed by atoms with van der Waals surface area (Å²) in [5.74, 6) is -1.37. The number of benzene rings is 2. The van der Waals surface area contributed by atoms with Crippen LogP contribution in [0.3, 0.4) is 0 Å². The monoisotopic (exact) mass is 417 g/mol. The molecule has 0 bridgehead atoms. The molecule has 142 valence electrons. The number of amides is 2. The Hall–Kier alpha value is -3.23. The second-order valence-corrected chi connectivity index (χ2v) is 6.36. The van der Waals surface area contributed by atoms with Crippen molar-refractivity contribution < 1.29 is 18.4 Å². The zero-order valence-corrected chi connectivity index (χ0v) is 15.7. The minimum absolute atomic E-state index is 0.0456. The minimum atomic E-state index is -0.573. The van der Waals surface area contributed by atoms with Gasteiger partial charge >= 0.3 is 0 Å². The number of hydrogen-bond acceptors (Lipinski definition) is 4. The SMILES string of the molecule is O=C(Nc1ccc(F)c(Cl)c1)c1cccc(NC(=S)NC(=O)c2ccco2)c1. The van der Waals surface area contributed by atoms with Gasteiger partial charge < -0.3 is 15.1 Å². The molecule has 3 aromatic rings. The fourth-order valence-electron chi connectivity index (χ4n) is 2.25. The van der Waals surface area contributed by atoms with E-state index >= 15 is 0 Å². The molecule has 28 heavy (non-hydrogen) atoms. The first-order valence-corrected chi connectivity index (χ1v) is 8.73. The summed E-state index contributed by atoms with van der Waals surface area (Å²) >= 11 is 10.8. The number of hydrogen-bond donors (Lipinski definition) is 3. The molecular weight excluding hydrogens is 405 g/mol. The molecule has 3 N–H and O–H groups in total. The van der Waals surface area contributed by atoms with E-state index in [1.54, 1.807) is 30.3 Å². The predicted octanol–water partition coefficient (Wildman–Crippen LogP) is 4.45.